The molecule has 0 atom stereocenters. The third kappa shape index (κ3) is 4.69. The minimum atomic E-state index is -0.317. The van der Waals surface area contributed by atoms with Crippen molar-refractivity contribution in [1.29, 1.82) is 0 Å². The molecule has 0 fully saturated rings. The van der Waals surface area contributed by atoms with Crippen molar-refractivity contribution in [2.45, 2.75) is 33.6 Å². The second-order valence-corrected chi connectivity index (χ2v) is 5.49. The standard InChI is InChI=1S/C13H19NO4/c1-13(2,3)9-18-12(17)5-4-8-14-10(15)6-7-11(14)16/h6-7H,4-5,8-9H2,1-3H3. The summed E-state index contributed by atoms with van der Waals surface area (Å²) in [5.74, 6) is -0.928. The topological polar surface area (TPSA) is 63.7 Å². The van der Waals surface area contributed by atoms with E-state index in [1.807, 2.05) is 20.8 Å². The van der Waals surface area contributed by atoms with Gasteiger partial charge in [-0.25, -0.2) is 0 Å². The van der Waals surface area contributed by atoms with Gasteiger partial charge >= 0.3 is 5.97 Å². The Morgan fingerprint density at radius 3 is 2.28 bits per heavy atom. The highest BCUT2D eigenvalue weighted by Crippen LogP contribution is 2.13. The average molecular weight is 253 g/mol. The highest BCUT2D eigenvalue weighted by molar-refractivity contribution is 6.12. The molecule has 18 heavy (non-hydrogen) atoms. The number of imide groups is 1. The quantitative estimate of drug-likeness (QED) is 0.547. The number of amides is 2. The fourth-order valence-corrected chi connectivity index (χ4v) is 1.40. The summed E-state index contributed by atoms with van der Waals surface area (Å²) in [5.41, 5.74) is -0.0551. The van der Waals surface area contributed by atoms with Crippen LogP contribution in [0.25, 0.3) is 0 Å². The lowest BCUT2D eigenvalue weighted by molar-refractivity contribution is -0.147. The fraction of sp³-hybridized carbons (Fsp3) is 0.615. The lowest BCUT2D eigenvalue weighted by Crippen LogP contribution is -2.31. The van der Waals surface area contributed by atoms with Crippen LogP contribution in [0.3, 0.4) is 0 Å². The number of carbonyl (C=O) groups is 3. The van der Waals surface area contributed by atoms with Crippen LogP contribution in [0.15, 0.2) is 12.2 Å². The molecule has 100 valence electrons. The summed E-state index contributed by atoms with van der Waals surface area (Å²) in [5, 5.41) is 0. The summed E-state index contributed by atoms with van der Waals surface area (Å²) in [6.45, 7) is 6.57. The highest BCUT2D eigenvalue weighted by atomic mass is 16.5. The third-order valence-corrected chi connectivity index (χ3v) is 2.33. The molecule has 0 N–H and O–H groups in total. The van der Waals surface area contributed by atoms with E-state index in [-0.39, 0.29) is 36.2 Å². The van der Waals surface area contributed by atoms with Gasteiger partial charge in [-0.3, -0.25) is 19.3 Å². The van der Waals surface area contributed by atoms with Crippen LogP contribution < -0.4 is 0 Å². The van der Waals surface area contributed by atoms with E-state index in [1.165, 1.54) is 12.2 Å². The number of carbonyl (C=O) groups excluding carboxylic acids is 3. The van der Waals surface area contributed by atoms with Crippen LogP contribution in [-0.2, 0) is 19.1 Å². The molecule has 5 heteroatoms. The smallest absolute Gasteiger partial charge is 0.305 e. The van der Waals surface area contributed by atoms with E-state index < -0.39 is 0 Å². The molecule has 1 rings (SSSR count). The van der Waals surface area contributed by atoms with Gasteiger partial charge in [-0.2, -0.15) is 0 Å². The van der Waals surface area contributed by atoms with Gasteiger partial charge in [-0.15, -0.1) is 0 Å². The van der Waals surface area contributed by atoms with Crippen LogP contribution >= 0.6 is 0 Å². The van der Waals surface area contributed by atoms with Gasteiger partial charge in [0.15, 0.2) is 0 Å². The number of esters is 1. The van der Waals surface area contributed by atoms with Crippen LogP contribution in [0.1, 0.15) is 33.6 Å². The predicted molar refractivity (Wildman–Crippen MR) is 65.5 cm³/mol. The Balaban J connectivity index is 2.20. The SMILES string of the molecule is CC(C)(C)COC(=O)CCCN1C(=O)C=CC1=O. The maximum Gasteiger partial charge on any atom is 0.305 e. The van der Waals surface area contributed by atoms with Gasteiger partial charge < -0.3 is 4.74 Å². The van der Waals surface area contributed by atoms with E-state index in [9.17, 15) is 14.4 Å². The molecule has 1 aliphatic rings. The van der Waals surface area contributed by atoms with Crippen LogP contribution in [0.2, 0.25) is 0 Å². The molecule has 0 bridgehead atoms. The molecule has 0 aromatic rings. The Hall–Kier alpha value is -1.65. The molecular formula is C13H19NO4. The molecule has 0 aromatic carbocycles. The molecule has 1 heterocycles. The zero-order chi connectivity index (χ0) is 13.8. The summed E-state index contributed by atoms with van der Waals surface area (Å²) in [6, 6.07) is 0. The van der Waals surface area contributed by atoms with Crippen molar-refractivity contribution in [3.63, 3.8) is 0 Å². The summed E-state index contributed by atoms with van der Waals surface area (Å²) >= 11 is 0. The summed E-state index contributed by atoms with van der Waals surface area (Å²) < 4.78 is 5.08. The molecule has 1 aliphatic heterocycles. The van der Waals surface area contributed by atoms with E-state index in [0.29, 0.717) is 13.0 Å². The number of hydrogen-bond acceptors (Lipinski definition) is 4. The third-order valence-electron chi connectivity index (χ3n) is 2.33. The molecular weight excluding hydrogens is 234 g/mol. The number of ether oxygens (including phenoxy) is 1. The second-order valence-electron chi connectivity index (χ2n) is 5.49. The predicted octanol–water partition coefficient (Wildman–Crippen LogP) is 1.28. The second kappa shape index (κ2) is 5.80. The molecule has 0 spiro atoms. The first-order valence-corrected chi connectivity index (χ1v) is 5.99. The number of hydrogen-bond donors (Lipinski definition) is 0. The van der Waals surface area contributed by atoms with Gasteiger partial charge in [0, 0.05) is 25.1 Å². The van der Waals surface area contributed by atoms with Gasteiger partial charge in [0.25, 0.3) is 11.8 Å². The Morgan fingerprint density at radius 1 is 1.22 bits per heavy atom. The van der Waals surface area contributed by atoms with Gasteiger partial charge in [-0.05, 0) is 11.8 Å². The first kappa shape index (κ1) is 14.4. The Morgan fingerprint density at radius 2 is 1.78 bits per heavy atom. The zero-order valence-electron chi connectivity index (χ0n) is 11.1. The first-order chi connectivity index (χ1) is 8.29. The molecule has 2 amide bonds. The molecule has 0 saturated heterocycles. The molecule has 0 unspecified atom stereocenters. The molecule has 0 aliphatic carbocycles. The monoisotopic (exact) mass is 253 g/mol. The van der Waals surface area contributed by atoms with Crippen molar-refractivity contribution < 1.29 is 19.1 Å². The Bertz CT molecular complexity index is 361. The van der Waals surface area contributed by atoms with Crippen molar-refractivity contribution in [1.82, 2.24) is 4.90 Å². The van der Waals surface area contributed by atoms with E-state index >= 15 is 0 Å². The minimum Gasteiger partial charge on any atom is -0.465 e. The van der Waals surface area contributed by atoms with Gasteiger partial charge in [0.2, 0.25) is 0 Å². The van der Waals surface area contributed by atoms with Crippen molar-refractivity contribution in [2.24, 2.45) is 5.41 Å². The van der Waals surface area contributed by atoms with Crippen LogP contribution in [0.4, 0.5) is 0 Å². The average Bonchev–Trinajstić information content (AvgIpc) is 2.57. The Kier molecular flexibility index (Phi) is 4.64. The van der Waals surface area contributed by atoms with Crippen molar-refractivity contribution in [2.75, 3.05) is 13.2 Å². The lowest BCUT2D eigenvalue weighted by Gasteiger charge is -2.18. The summed E-state index contributed by atoms with van der Waals surface area (Å²) in [4.78, 5) is 35.0. The van der Waals surface area contributed by atoms with Crippen molar-refractivity contribution in [3.05, 3.63) is 12.2 Å². The van der Waals surface area contributed by atoms with E-state index in [0.717, 1.165) is 4.90 Å². The van der Waals surface area contributed by atoms with Crippen LogP contribution in [0.5, 0.6) is 0 Å². The fourth-order valence-electron chi connectivity index (χ4n) is 1.40. The van der Waals surface area contributed by atoms with E-state index in [4.69, 9.17) is 4.74 Å². The summed E-state index contributed by atoms with van der Waals surface area (Å²) in [6.07, 6.45) is 3.12. The van der Waals surface area contributed by atoms with E-state index in [2.05, 4.69) is 0 Å². The summed E-state index contributed by atoms with van der Waals surface area (Å²) in [7, 11) is 0. The van der Waals surface area contributed by atoms with Crippen LogP contribution in [-0.4, -0.2) is 35.8 Å². The Labute approximate surface area is 107 Å². The largest absolute Gasteiger partial charge is 0.465 e. The molecule has 0 saturated carbocycles. The van der Waals surface area contributed by atoms with Gasteiger partial charge in [0.05, 0.1) is 6.61 Å². The molecule has 5 nitrogen and oxygen atoms in total. The van der Waals surface area contributed by atoms with Crippen molar-refractivity contribution in [3.8, 4) is 0 Å². The van der Waals surface area contributed by atoms with Crippen LogP contribution in [0, 0.1) is 5.41 Å². The van der Waals surface area contributed by atoms with Crippen molar-refractivity contribution >= 4 is 17.8 Å². The zero-order valence-corrected chi connectivity index (χ0v) is 11.1. The lowest BCUT2D eigenvalue weighted by atomic mass is 9.99. The number of rotatable bonds is 5. The highest BCUT2D eigenvalue weighted by Gasteiger charge is 2.23. The maximum atomic E-state index is 11.4. The van der Waals surface area contributed by atoms with Gasteiger partial charge in [-0.1, -0.05) is 20.8 Å². The number of nitrogens with zero attached hydrogens (tertiary/aromatic N) is 1. The van der Waals surface area contributed by atoms with Gasteiger partial charge in [0.1, 0.15) is 0 Å². The van der Waals surface area contributed by atoms with E-state index in [1.54, 1.807) is 0 Å². The molecule has 0 radical (unpaired) electrons. The molecule has 0 aromatic heterocycles. The first-order valence-electron chi connectivity index (χ1n) is 5.99. The normalized spacial score (nSPS) is 15.4. The maximum absolute atomic E-state index is 11.4. The minimum absolute atomic E-state index is 0.0551.